The van der Waals surface area contributed by atoms with Crippen LogP contribution >= 0.6 is 0 Å². The van der Waals surface area contributed by atoms with E-state index in [2.05, 4.69) is 303 Å². The van der Waals surface area contributed by atoms with Crippen LogP contribution in [0.5, 0.6) is 0 Å². The van der Waals surface area contributed by atoms with Gasteiger partial charge < -0.3 is 0 Å². The minimum absolute atomic E-state index is 1.18. The van der Waals surface area contributed by atoms with E-state index in [4.69, 9.17) is 0 Å². The molecule has 0 amide bonds. The van der Waals surface area contributed by atoms with Crippen LogP contribution in [-0.2, 0) is 0 Å². The van der Waals surface area contributed by atoms with Gasteiger partial charge in [-0.05, 0) is 167 Å². The van der Waals surface area contributed by atoms with Crippen molar-refractivity contribution in [3.63, 3.8) is 0 Å². The van der Waals surface area contributed by atoms with Crippen LogP contribution in [0.4, 0.5) is 0 Å². The van der Waals surface area contributed by atoms with Gasteiger partial charge in [-0.2, -0.15) is 0 Å². The molecule has 0 atom stereocenters. The first-order valence-corrected chi connectivity index (χ1v) is 27.1. The van der Waals surface area contributed by atoms with Crippen molar-refractivity contribution >= 4 is 60.2 Å². The van der Waals surface area contributed by atoms with Crippen molar-refractivity contribution in [3.05, 3.63) is 342 Å². The second kappa shape index (κ2) is 18.9. The highest BCUT2D eigenvalue weighted by atomic mass is 14.4. The summed E-state index contributed by atoms with van der Waals surface area (Å²) in [5.74, 6) is 0. The average molecular weight is 987 g/mol. The molecule has 78 heavy (non-hydrogen) atoms. The van der Waals surface area contributed by atoms with Crippen molar-refractivity contribution in [2.45, 2.75) is 0 Å². The molecule has 0 aliphatic heterocycles. The molecule has 0 bridgehead atoms. The van der Waals surface area contributed by atoms with Gasteiger partial charge in [0.05, 0.1) is 0 Å². The first kappa shape index (κ1) is 45.3. The van der Waals surface area contributed by atoms with E-state index in [0.29, 0.717) is 0 Å². The Labute approximate surface area is 455 Å². The standard InChI is InChI=1S/C78H50/c1-4-19-54(20-5-1)69-49-71-72(50-70(69)55-21-6-2-7-22-55)77-75(59-26-8-3-9-27-59)74(61-45-39-57(40-46-61)67-35-17-29-52-24-11-14-32-64(52)67)76(62-47-41-58(42-48-62)68-36-18-30-53-25-12-15-33-65(53)68)78(77)73(71)60-43-37-56(38-44-60)66-34-16-28-51-23-10-13-31-63(51)66/h1-50H. The van der Waals surface area contributed by atoms with Crippen LogP contribution in [0, 0.1) is 0 Å². The predicted octanol–water partition coefficient (Wildman–Crippen LogP) is 20.8. The summed E-state index contributed by atoms with van der Waals surface area (Å²) in [4.78, 5) is 0. The molecule has 0 heterocycles. The van der Waals surface area contributed by atoms with Crippen LogP contribution in [-0.4, -0.2) is 0 Å². The maximum atomic E-state index is 2.51. The zero-order valence-electron chi connectivity index (χ0n) is 42.9. The Balaban J connectivity index is 1.03. The van der Waals surface area contributed by atoms with E-state index in [-0.39, 0.29) is 0 Å². The molecule has 2 aliphatic carbocycles. The third kappa shape index (κ3) is 7.61. The SMILES string of the molecule is c1ccc(C2=C3C(=C(c4ccc(-c5cccc6ccccc56)cc4)c4cc(-c5ccccc5)c(-c5ccccc5)cc43)C(c3ccc(-c4cccc5ccccc45)cc3)=C2c2ccc(-c3cccc4ccccc34)cc2)cc1. The molecule has 0 saturated heterocycles. The molecule has 0 aromatic heterocycles. The lowest BCUT2D eigenvalue weighted by Gasteiger charge is -2.19. The van der Waals surface area contributed by atoms with Crippen LogP contribution in [0.3, 0.4) is 0 Å². The van der Waals surface area contributed by atoms with Crippen molar-refractivity contribution < 1.29 is 0 Å². The van der Waals surface area contributed by atoms with Crippen LogP contribution in [0.25, 0.3) is 116 Å². The van der Waals surface area contributed by atoms with Gasteiger partial charge in [-0.3, -0.25) is 0 Å². The van der Waals surface area contributed by atoms with E-state index < -0.39 is 0 Å². The van der Waals surface area contributed by atoms with Crippen molar-refractivity contribution in [2.75, 3.05) is 0 Å². The molecule has 362 valence electrons. The molecule has 0 saturated carbocycles. The van der Waals surface area contributed by atoms with E-state index in [1.54, 1.807) is 0 Å². The highest BCUT2D eigenvalue weighted by Gasteiger charge is 2.41. The third-order valence-corrected chi connectivity index (χ3v) is 16.3. The van der Waals surface area contributed by atoms with Crippen molar-refractivity contribution in [3.8, 4) is 55.6 Å². The third-order valence-electron chi connectivity index (χ3n) is 16.3. The minimum Gasteiger partial charge on any atom is -0.0622 e. The van der Waals surface area contributed by atoms with Gasteiger partial charge in [0, 0.05) is 0 Å². The van der Waals surface area contributed by atoms with Gasteiger partial charge in [0.15, 0.2) is 0 Å². The van der Waals surface area contributed by atoms with Gasteiger partial charge in [-0.1, -0.05) is 291 Å². The fourth-order valence-corrected chi connectivity index (χ4v) is 12.7. The van der Waals surface area contributed by atoms with E-state index in [1.807, 2.05) is 0 Å². The fraction of sp³-hybridized carbons (Fsp3) is 0. The lowest BCUT2D eigenvalue weighted by Crippen LogP contribution is -1.97. The lowest BCUT2D eigenvalue weighted by molar-refractivity contribution is 1.51. The normalized spacial score (nSPS) is 13.0. The summed E-state index contributed by atoms with van der Waals surface area (Å²) in [7, 11) is 0. The Hall–Kier alpha value is -10.1. The predicted molar refractivity (Wildman–Crippen MR) is 332 cm³/mol. The summed E-state index contributed by atoms with van der Waals surface area (Å²) in [6.07, 6.45) is 0. The number of allylic oxidation sites excluding steroid dienone is 5. The summed E-state index contributed by atoms with van der Waals surface area (Å²) in [5, 5.41) is 7.48. The zero-order valence-corrected chi connectivity index (χ0v) is 42.9. The number of rotatable bonds is 9. The molecular weight excluding hydrogens is 937 g/mol. The Bertz CT molecular complexity index is 4560. The van der Waals surface area contributed by atoms with Gasteiger partial charge in [0.1, 0.15) is 0 Å². The Morgan fingerprint density at radius 1 is 0.128 bits per heavy atom. The molecule has 13 aromatic carbocycles. The van der Waals surface area contributed by atoms with Gasteiger partial charge in [-0.15, -0.1) is 0 Å². The second-order valence-corrected chi connectivity index (χ2v) is 20.6. The molecule has 2 aliphatic rings. The average Bonchev–Trinajstić information content (AvgIpc) is 3.89. The topological polar surface area (TPSA) is 0 Å². The first-order chi connectivity index (χ1) is 38.7. The first-order valence-electron chi connectivity index (χ1n) is 27.1. The zero-order chi connectivity index (χ0) is 51.5. The Morgan fingerprint density at radius 3 is 0.782 bits per heavy atom. The number of hydrogen-bond donors (Lipinski definition) is 0. The summed E-state index contributed by atoms with van der Waals surface area (Å²) in [6.45, 7) is 0. The molecule has 15 rings (SSSR count). The monoisotopic (exact) mass is 986 g/mol. The van der Waals surface area contributed by atoms with Gasteiger partial charge >= 0.3 is 0 Å². The molecular formula is C78H50. The number of benzene rings is 13. The van der Waals surface area contributed by atoms with E-state index in [1.165, 1.54) is 155 Å². The van der Waals surface area contributed by atoms with Gasteiger partial charge in [0.25, 0.3) is 0 Å². The highest BCUT2D eigenvalue weighted by molar-refractivity contribution is 6.39. The van der Waals surface area contributed by atoms with E-state index in [9.17, 15) is 0 Å². The summed E-state index contributed by atoms with van der Waals surface area (Å²) in [6, 6.07) is 112. The van der Waals surface area contributed by atoms with Crippen molar-refractivity contribution in [1.82, 2.24) is 0 Å². The molecule has 0 fully saturated rings. The Kier molecular flexibility index (Phi) is 11.0. The summed E-state index contributed by atoms with van der Waals surface area (Å²) in [5.41, 5.74) is 26.8. The molecule has 0 heteroatoms. The van der Waals surface area contributed by atoms with Crippen molar-refractivity contribution in [2.24, 2.45) is 0 Å². The Morgan fingerprint density at radius 2 is 0.385 bits per heavy atom. The van der Waals surface area contributed by atoms with Gasteiger partial charge in [-0.25, -0.2) is 0 Å². The molecule has 0 unspecified atom stereocenters. The van der Waals surface area contributed by atoms with Gasteiger partial charge in [0.2, 0.25) is 0 Å². The number of fused-ring (bicyclic) bond motifs is 6. The van der Waals surface area contributed by atoms with E-state index >= 15 is 0 Å². The summed E-state index contributed by atoms with van der Waals surface area (Å²) < 4.78 is 0. The molecule has 13 aromatic rings. The lowest BCUT2D eigenvalue weighted by atomic mass is 9.84. The van der Waals surface area contributed by atoms with Crippen molar-refractivity contribution in [1.29, 1.82) is 0 Å². The number of hydrogen-bond acceptors (Lipinski definition) is 0. The molecule has 0 nitrogen and oxygen atoms in total. The van der Waals surface area contributed by atoms with Crippen LogP contribution in [0.15, 0.2) is 309 Å². The van der Waals surface area contributed by atoms with Crippen LogP contribution < -0.4 is 0 Å². The van der Waals surface area contributed by atoms with Crippen LogP contribution in [0.1, 0.15) is 33.4 Å². The largest absolute Gasteiger partial charge is 0.0622 e. The maximum Gasteiger partial charge on any atom is -0.000137 e. The fourth-order valence-electron chi connectivity index (χ4n) is 12.7. The molecule has 0 spiro atoms. The summed E-state index contributed by atoms with van der Waals surface area (Å²) >= 11 is 0. The quantitative estimate of drug-likeness (QED) is 0.135. The molecule has 0 radical (unpaired) electrons. The minimum atomic E-state index is 1.18. The highest BCUT2D eigenvalue weighted by Crippen LogP contribution is 2.63. The smallest absolute Gasteiger partial charge is 0.000137 e. The van der Waals surface area contributed by atoms with Crippen LogP contribution in [0.2, 0.25) is 0 Å². The second-order valence-electron chi connectivity index (χ2n) is 20.6. The van der Waals surface area contributed by atoms with E-state index in [0.717, 1.165) is 0 Å². The maximum absolute atomic E-state index is 2.51. The molecule has 0 N–H and O–H groups in total.